The highest BCUT2D eigenvalue weighted by atomic mass is 16.5. The molecular formula is C108H124N12O16. The molecular weight excluding hydrogens is 1720 g/mol. The lowest BCUT2D eigenvalue weighted by Gasteiger charge is -2.29. The Bertz CT molecular complexity index is 5370. The molecule has 0 aliphatic heterocycles. The molecule has 28 nitrogen and oxygen atoms in total. The third-order valence-corrected chi connectivity index (χ3v) is 23.9. The smallest absolute Gasteiger partial charge is 0.328 e. The number of carbonyl (C=O) groups excluding carboxylic acids is 8. The molecule has 12 aromatic rings. The van der Waals surface area contributed by atoms with E-state index < -0.39 is 120 Å². The first kappa shape index (κ1) is 99.0. The predicted molar refractivity (Wildman–Crippen MR) is 515 cm³/mol. The second-order valence-corrected chi connectivity index (χ2v) is 38.8. The number of amides is 4. The van der Waals surface area contributed by atoms with Crippen LogP contribution in [0.25, 0.3) is 0 Å². The van der Waals surface area contributed by atoms with Crippen molar-refractivity contribution >= 4 is 47.5 Å². The Labute approximate surface area is 795 Å². The Morgan fingerprint density at radius 3 is 0.625 bits per heavy atom. The summed E-state index contributed by atoms with van der Waals surface area (Å²) in [5, 5.41) is 11.7. The summed E-state index contributed by atoms with van der Waals surface area (Å²) in [6.45, 7) is 24.5. The third-order valence-electron chi connectivity index (χ3n) is 23.9. The first-order valence-electron chi connectivity index (χ1n) is 45.7. The monoisotopic (exact) mass is 1840 g/mol. The van der Waals surface area contributed by atoms with Gasteiger partial charge >= 0.3 is 23.9 Å². The van der Waals surface area contributed by atoms with E-state index in [0.29, 0.717) is 93.5 Å². The molecule has 4 heterocycles. The second kappa shape index (κ2) is 44.2. The van der Waals surface area contributed by atoms with Gasteiger partial charge in [-0.25, -0.2) is 39.1 Å². The van der Waals surface area contributed by atoms with Gasteiger partial charge in [-0.15, -0.1) is 0 Å². The minimum absolute atomic E-state index is 0.00845. The van der Waals surface area contributed by atoms with Crippen LogP contribution in [0.4, 0.5) is 0 Å². The molecule has 1 aliphatic rings. The van der Waals surface area contributed by atoms with Crippen LogP contribution < -0.4 is 40.2 Å². The van der Waals surface area contributed by atoms with Crippen LogP contribution in [0.5, 0.6) is 23.0 Å². The molecule has 1 aliphatic carbocycles. The van der Waals surface area contributed by atoms with Crippen molar-refractivity contribution in [3.8, 4) is 23.0 Å². The Balaban J connectivity index is 0.969. The van der Waals surface area contributed by atoms with Gasteiger partial charge in [-0.05, 0) is 111 Å². The van der Waals surface area contributed by atoms with Crippen molar-refractivity contribution in [2.75, 3.05) is 54.9 Å². The van der Waals surface area contributed by atoms with Gasteiger partial charge in [0.25, 0.3) is 23.6 Å². The first-order valence-corrected chi connectivity index (χ1v) is 45.7. The fourth-order valence-corrected chi connectivity index (χ4v) is 16.6. The summed E-state index contributed by atoms with van der Waals surface area (Å²) < 4.78 is 57.7. The Morgan fingerprint density at radius 2 is 0.463 bits per heavy atom. The number of imidazole rings is 4. The van der Waals surface area contributed by atoms with Gasteiger partial charge in [-0.3, -0.25) is 19.2 Å². The van der Waals surface area contributed by atoms with Crippen LogP contribution in [-0.2, 0) is 157 Å². The standard InChI is InChI=1S/C108H124N12O16/c1-105(2,3)81-41-73-37-75-43-82(106(4,5)6)45-77(98(75)134-62-94(122)114-90(102(126)130-14)50-86-58-118(66-110-86)54-70-31-23-18-24-32-70)39-79-47-84(108(10,11)12)48-80(100(79)136-64-96(124)116-92(104(128)132-16)52-88-60-120(68-112-88)56-72-35-27-20-28-36-72)40-78-46-83(107(7,8)9)44-76(99(78)135-63-95(123)115-91(103(127)131-15)51-87-59-119(67-111-87)55-71-33-25-19-26-34-71)38-74(42-81)97(73)133-61-93(121)113-89(101(125)129-13)49-85-57-117(65-109-85)53-69-29-21-17-22-30-69/h17-36,41-48,57-60,65-68,89-92H,37-40,49-56,61-64H2,1-16H3,(H,113,121)(H,114,122)(H,115,123)(H,116,124). The Morgan fingerprint density at radius 1 is 0.287 bits per heavy atom. The molecule has 13 rings (SSSR count). The van der Waals surface area contributed by atoms with Crippen molar-refractivity contribution < 1.29 is 76.3 Å². The highest BCUT2D eigenvalue weighted by molar-refractivity contribution is 5.88. The van der Waals surface area contributed by atoms with Gasteiger partial charge < -0.3 is 77.4 Å². The summed E-state index contributed by atoms with van der Waals surface area (Å²) >= 11 is 0. The normalized spacial score (nSPS) is 13.1. The van der Waals surface area contributed by atoms with Gasteiger partial charge in [-0.1, -0.05) is 253 Å². The van der Waals surface area contributed by atoms with Crippen LogP contribution in [0.1, 0.15) is 195 Å². The summed E-state index contributed by atoms with van der Waals surface area (Å²) in [5.41, 5.74) is 11.6. The lowest BCUT2D eigenvalue weighted by atomic mass is 9.79. The average molecular weight is 1850 g/mol. The summed E-state index contributed by atoms with van der Waals surface area (Å²) in [5.74, 6) is -4.50. The summed E-state index contributed by atoms with van der Waals surface area (Å²) in [7, 11) is 5.00. The van der Waals surface area contributed by atoms with E-state index in [1.807, 2.05) is 213 Å². The number of aromatic nitrogens is 8. The average Bonchev–Trinajstić information content (AvgIpc) is 1.22. The number of nitrogens with one attached hydrogen (secondary N) is 4. The maximum absolute atomic E-state index is 15.2. The van der Waals surface area contributed by atoms with Gasteiger partial charge in [-0.2, -0.15) is 0 Å². The number of carbonyl (C=O) groups is 8. The lowest BCUT2D eigenvalue weighted by Crippen LogP contribution is -2.45. The second-order valence-electron chi connectivity index (χ2n) is 38.8. The molecule has 4 atom stereocenters. The molecule has 8 bridgehead atoms. The molecule has 0 spiro atoms. The maximum atomic E-state index is 15.2. The Kier molecular flexibility index (Phi) is 32.2. The number of methoxy groups -OCH3 is 4. The highest BCUT2D eigenvalue weighted by Gasteiger charge is 2.35. The van der Waals surface area contributed by atoms with Crippen molar-refractivity contribution in [2.45, 2.75) is 206 Å². The number of fused-ring (bicyclic) bond motifs is 8. The van der Waals surface area contributed by atoms with E-state index in [1.165, 1.54) is 28.4 Å². The zero-order valence-electron chi connectivity index (χ0n) is 80.5. The van der Waals surface area contributed by atoms with Crippen molar-refractivity contribution in [3.05, 3.63) is 332 Å². The van der Waals surface area contributed by atoms with Gasteiger partial charge in [0.1, 0.15) is 47.2 Å². The van der Waals surface area contributed by atoms with Crippen LogP contribution in [0.15, 0.2) is 220 Å². The number of hydrogen-bond donors (Lipinski definition) is 4. The van der Waals surface area contributed by atoms with E-state index in [0.717, 1.165) is 44.5 Å². The maximum Gasteiger partial charge on any atom is 0.328 e. The number of nitrogens with zero attached hydrogens (tertiary/aromatic N) is 8. The van der Waals surface area contributed by atoms with Crippen molar-refractivity contribution in [1.82, 2.24) is 59.5 Å². The molecule has 136 heavy (non-hydrogen) atoms. The first-order chi connectivity index (χ1) is 64.9. The molecule has 0 fully saturated rings. The predicted octanol–water partition coefficient (Wildman–Crippen LogP) is 13.6. The van der Waals surface area contributed by atoms with E-state index in [4.69, 9.17) is 37.9 Å². The van der Waals surface area contributed by atoms with Crippen LogP contribution in [-0.4, -0.2) is 165 Å². The fourth-order valence-electron chi connectivity index (χ4n) is 16.6. The van der Waals surface area contributed by atoms with Crippen LogP contribution >= 0.6 is 0 Å². The summed E-state index contributed by atoms with van der Waals surface area (Å²) in [4.78, 5) is 135. The van der Waals surface area contributed by atoms with Crippen molar-refractivity contribution in [2.24, 2.45) is 0 Å². The van der Waals surface area contributed by atoms with Crippen LogP contribution in [0, 0.1) is 0 Å². The molecule has 4 amide bonds. The van der Waals surface area contributed by atoms with Gasteiger partial charge in [0, 0.05) is 102 Å². The zero-order valence-corrected chi connectivity index (χ0v) is 80.5. The highest BCUT2D eigenvalue weighted by Crippen LogP contribution is 2.45. The van der Waals surface area contributed by atoms with Crippen molar-refractivity contribution in [3.63, 3.8) is 0 Å². The van der Waals surface area contributed by atoms with Crippen molar-refractivity contribution in [1.29, 1.82) is 0 Å². The lowest BCUT2D eigenvalue weighted by molar-refractivity contribution is -0.145. The Hall–Kier alpha value is -14.4. The number of rotatable bonds is 36. The minimum atomic E-state index is -1.22. The largest absolute Gasteiger partial charge is 0.483 e. The quantitative estimate of drug-likeness (QED) is 0.0209. The minimum Gasteiger partial charge on any atom is -0.483 e. The van der Waals surface area contributed by atoms with Gasteiger partial charge in [0.05, 0.1) is 76.5 Å². The summed E-state index contributed by atoms with van der Waals surface area (Å²) in [6, 6.07) is 50.8. The number of benzene rings is 8. The topological polar surface area (TPSA) is 330 Å². The number of ether oxygens (including phenoxy) is 8. The van der Waals surface area contributed by atoms with E-state index in [2.05, 4.69) is 124 Å². The molecule has 28 heteroatoms. The van der Waals surface area contributed by atoms with Gasteiger partial charge in [0.15, 0.2) is 26.4 Å². The molecule has 8 aromatic carbocycles. The molecule has 0 radical (unpaired) electrons. The molecule has 4 N–H and O–H groups in total. The number of hydrogen-bond acceptors (Lipinski definition) is 20. The van der Waals surface area contributed by atoms with E-state index in [-0.39, 0.29) is 74.4 Å². The zero-order chi connectivity index (χ0) is 97.2. The number of esters is 4. The van der Waals surface area contributed by atoms with Crippen LogP contribution in [0.2, 0.25) is 0 Å². The third kappa shape index (κ3) is 27.0. The molecule has 0 saturated carbocycles. The van der Waals surface area contributed by atoms with Gasteiger partial charge in [0.2, 0.25) is 0 Å². The fraction of sp³-hybridized carbons (Fsp3) is 0.370. The van der Waals surface area contributed by atoms with E-state index in [1.54, 1.807) is 25.3 Å². The van der Waals surface area contributed by atoms with E-state index >= 15 is 19.2 Å². The molecule has 712 valence electrons. The molecule has 0 saturated heterocycles. The van der Waals surface area contributed by atoms with E-state index in [9.17, 15) is 19.2 Å². The molecule has 4 aromatic heterocycles. The SMILES string of the molecule is COC(=O)C(Cc1cn(Cc2ccccc2)cn1)NC(=O)COc1c2cc(C(C)(C)C)cc1Cc1cc(C(C)(C)C)cc(c1OCC(=O)NC(Cc1cn(Cc3ccccc3)cn1)C(=O)OC)Cc1cc(C(C)(C)C)cc(c1OCC(=O)NC(Cc1cn(Cc3ccccc3)cn1)C(=O)OC)Cc1cc(C(C)(C)C)cc(c1OCC(=O)NC(Cc1cn(Cc3ccccc3)cn1)C(=O)OC)C2. The van der Waals surface area contributed by atoms with Crippen LogP contribution in [0.3, 0.4) is 0 Å². The molecule has 4 unspecified atom stereocenters. The summed E-state index contributed by atoms with van der Waals surface area (Å²) in [6.07, 6.45) is 13.8.